The number of benzene rings is 1. The minimum Gasteiger partial charge on any atom is -0.449 e. The zero-order chi connectivity index (χ0) is 11.7. The van der Waals surface area contributed by atoms with Crippen molar-refractivity contribution in [3.8, 4) is 0 Å². The summed E-state index contributed by atoms with van der Waals surface area (Å²) in [6.45, 7) is 0.196. The maximum absolute atomic E-state index is 11.2. The first-order valence-corrected chi connectivity index (χ1v) is 5.38. The lowest BCUT2D eigenvalue weighted by molar-refractivity contribution is 0.0977. The molecule has 0 spiro atoms. The standard InChI is InChI=1S/C10H10BrN3O2/c11-5-1-2-7-6(3-5)8(14-4-12)9(16-7)10(13)15/h1-3,14H,4,12H2,(H2,13,15). The molecule has 0 aliphatic rings. The van der Waals surface area contributed by atoms with Crippen molar-refractivity contribution in [1.82, 2.24) is 0 Å². The molecule has 1 aromatic heterocycles. The summed E-state index contributed by atoms with van der Waals surface area (Å²) >= 11 is 3.35. The van der Waals surface area contributed by atoms with E-state index in [0.29, 0.717) is 11.3 Å². The molecule has 0 aliphatic heterocycles. The Morgan fingerprint density at radius 2 is 2.25 bits per heavy atom. The van der Waals surface area contributed by atoms with E-state index in [1.54, 1.807) is 6.07 Å². The smallest absolute Gasteiger partial charge is 0.286 e. The van der Waals surface area contributed by atoms with Crippen LogP contribution >= 0.6 is 15.9 Å². The van der Waals surface area contributed by atoms with E-state index in [1.165, 1.54) is 0 Å². The number of primary amides is 1. The summed E-state index contributed by atoms with van der Waals surface area (Å²) in [5.74, 6) is -0.526. The maximum Gasteiger partial charge on any atom is 0.286 e. The van der Waals surface area contributed by atoms with Crippen molar-refractivity contribution in [3.63, 3.8) is 0 Å². The van der Waals surface area contributed by atoms with Crippen LogP contribution in [0.2, 0.25) is 0 Å². The highest BCUT2D eigenvalue weighted by molar-refractivity contribution is 9.10. The summed E-state index contributed by atoms with van der Waals surface area (Å²) in [6, 6.07) is 5.42. The SMILES string of the molecule is NCNc1c(C(N)=O)oc2ccc(Br)cc12. The van der Waals surface area contributed by atoms with E-state index in [1.807, 2.05) is 12.1 Å². The minimum absolute atomic E-state index is 0.0959. The molecule has 0 saturated heterocycles. The molecule has 0 bridgehead atoms. The lowest BCUT2D eigenvalue weighted by Crippen LogP contribution is -2.16. The van der Waals surface area contributed by atoms with Gasteiger partial charge in [-0.2, -0.15) is 0 Å². The molecule has 1 amide bonds. The number of halogens is 1. The van der Waals surface area contributed by atoms with Crippen LogP contribution in [0.3, 0.4) is 0 Å². The van der Waals surface area contributed by atoms with Crippen molar-refractivity contribution in [3.05, 3.63) is 28.4 Å². The molecule has 0 aliphatic carbocycles. The van der Waals surface area contributed by atoms with Gasteiger partial charge in [0.2, 0.25) is 5.76 Å². The fourth-order valence-electron chi connectivity index (χ4n) is 1.52. The van der Waals surface area contributed by atoms with Gasteiger partial charge in [-0.05, 0) is 18.2 Å². The summed E-state index contributed by atoms with van der Waals surface area (Å²) in [5.41, 5.74) is 11.7. The zero-order valence-electron chi connectivity index (χ0n) is 8.29. The summed E-state index contributed by atoms with van der Waals surface area (Å²) in [6.07, 6.45) is 0. The normalized spacial score (nSPS) is 10.6. The fraction of sp³-hybridized carbons (Fsp3) is 0.100. The molecular weight excluding hydrogens is 274 g/mol. The van der Waals surface area contributed by atoms with Gasteiger partial charge >= 0.3 is 0 Å². The Kier molecular flexibility index (Phi) is 2.84. The van der Waals surface area contributed by atoms with Gasteiger partial charge in [0.05, 0.1) is 12.4 Å². The molecule has 0 fully saturated rings. The summed E-state index contributed by atoms with van der Waals surface area (Å²) < 4.78 is 6.24. The molecule has 6 heteroatoms. The molecule has 84 valence electrons. The van der Waals surface area contributed by atoms with Crippen LogP contribution < -0.4 is 16.8 Å². The van der Waals surface area contributed by atoms with E-state index in [9.17, 15) is 4.79 Å². The molecule has 5 N–H and O–H groups in total. The Labute approximate surface area is 99.9 Å². The first-order valence-electron chi connectivity index (χ1n) is 4.59. The molecular formula is C10H10BrN3O2. The number of nitrogens with one attached hydrogen (secondary N) is 1. The van der Waals surface area contributed by atoms with Gasteiger partial charge < -0.3 is 21.2 Å². The Morgan fingerprint density at radius 1 is 1.50 bits per heavy atom. The van der Waals surface area contributed by atoms with Gasteiger partial charge in [0.15, 0.2) is 0 Å². The fourth-order valence-corrected chi connectivity index (χ4v) is 1.88. The number of hydrogen-bond acceptors (Lipinski definition) is 4. The Morgan fingerprint density at radius 3 is 2.88 bits per heavy atom. The second kappa shape index (κ2) is 4.15. The van der Waals surface area contributed by atoms with Crippen molar-refractivity contribution < 1.29 is 9.21 Å². The topological polar surface area (TPSA) is 94.3 Å². The van der Waals surface area contributed by atoms with Gasteiger partial charge in [-0.3, -0.25) is 4.79 Å². The molecule has 1 aromatic carbocycles. The molecule has 2 aromatic rings. The molecule has 0 unspecified atom stereocenters. The van der Waals surface area contributed by atoms with Gasteiger partial charge in [-0.1, -0.05) is 15.9 Å². The van der Waals surface area contributed by atoms with E-state index < -0.39 is 5.91 Å². The number of carbonyl (C=O) groups is 1. The van der Waals surface area contributed by atoms with Crippen LogP contribution in [0.15, 0.2) is 27.1 Å². The number of amides is 1. The number of hydrogen-bond donors (Lipinski definition) is 3. The van der Waals surface area contributed by atoms with Gasteiger partial charge in [0.25, 0.3) is 5.91 Å². The average Bonchev–Trinajstić information content (AvgIpc) is 2.58. The third-order valence-electron chi connectivity index (χ3n) is 2.15. The highest BCUT2D eigenvalue weighted by atomic mass is 79.9. The Balaban J connectivity index is 2.71. The molecule has 16 heavy (non-hydrogen) atoms. The highest BCUT2D eigenvalue weighted by Gasteiger charge is 2.17. The summed E-state index contributed by atoms with van der Waals surface area (Å²) in [4.78, 5) is 11.2. The molecule has 5 nitrogen and oxygen atoms in total. The van der Waals surface area contributed by atoms with Crippen LogP contribution in [0.4, 0.5) is 5.69 Å². The molecule has 0 saturated carbocycles. The second-order valence-corrected chi connectivity index (χ2v) is 4.11. The lowest BCUT2D eigenvalue weighted by Gasteiger charge is -2.01. The largest absolute Gasteiger partial charge is 0.449 e. The second-order valence-electron chi connectivity index (χ2n) is 3.19. The average molecular weight is 284 g/mol. The number of furan rings is 1. The Hall–Kier alpha value is -1.53. The van der Waals surface area contributed by atoms with E-state index in [4.69, 9.17) is 15.9 Å². The number of carbonyl (C=O) groups excluding carboxylic acids is 1. The third kappa shape index (κ3) is 1.77. The molecule has 2 rings (SSSR count). The minimum atomic E-state index is -0.622. The van der Waals surface area contributed by atoms with E-state index >= 15 is 0 Å². The van der Waals surface area contributed by atoms with Gasteiger partial charge in [0.1, 0.15) is 5.58 Å². The quantitative estimate of drug-likeness (QED) is 0.746. The zero-order valence-corrected chi connectivity index (χ0v) is 9.87. The monoisotopic (exact) mass is 283 g/mol. The van der Waals surface area contributed by atoms with Crippen molar-refractivity contribution in [2.24, 2.45) is 11.5 Å². The molecule has 0 radical (unpaired) electrons. The van der Waals surface area contributed by atoms with Crippen molar-refractivity contribution in [2.45, 2.75) is 0 Å². The Bertz CT molecular complexity index is 550. The first-order chi connectivity index (χ1) is 7.63. The van der Waals surface area contributed by atoms with Crippen molar-refractivity contribution >= 4 is 38.5 Å². The van der Waals surface area contributed by atoms with Crippen LogP contribution in [0, 0.1) is 0 Å². The summed E-state index contributed by atoms with van der Waals surface area (Å²) in [7, 11) is 0. The maximum atomic E-state index is 11.2. The van der Waals surface area contributed by atoms with Gasteiger partial charge in [-0.15, -0.1) is 0 Å². The predicted octanol–water partition coefficient (Wildman–Crippen LogP) is 1.62. The number of nitrogens with two attached hydrogens (primary N) is 2. The predicted molar refractivity (Wildman–Crippen MR) is 65.1 cm³/mol. The first kappa shape index (κ1) is 11.0. The van der Waals surface area contributed by atoms with E-state index in [0.717, 1.165) is 9.86 Å². The molecule has 1 heterocycles. The number of rotatable bonds is 3. The summed E-state index contributed by atoms with van der Waals surface area (Å²) in [5, 5.41) is 3.64. The highest BCUT2D eigenvalue weighted by Crippen LogP contribution is 2.32. The number of fused-ring (bicyclic) bond motifs is 1. The lowest BCUT2D eigenvalue weighted by atomic mass is 10.2. The van der Waals surface area contributed by atoms with Crippen LogP contribution in [-0.2, 0) is 0 Å². The molecule has 0 atom stereocenters. The number of anilines is 1. The van der Waals surface area contributed by atoms with Gasteiger partial charge in [-0.25, -0.2) is 0 Å². The van der Waals surface area contributed by atoms with Crippen LogP contribution in [0.5, 0.6) is 0 Å². The van der Waals surface area contributed by atoms with Crippen molar-refractivity contribution in [1.29, 1.82) is 0 Å². The van der Waals surface area contributed by atoms with Crippen LogP contribution in [-0.4, -0.2) is 12.6 Å². The van der Waals surface area contributed by atoms with E-state index in [-0.39, 0.29) is 12.4 Å². The van der Waals surface area contributed by atoms with Gasteiger partial charge in [0, 0.05) is 9.86 Å². The van der Waals surface area contributed by atoms with Crippen molar-refractivity contribution in [2.75, 3.05) is 12.0 Å². The van der Waals surface area contributed by atoms with Crippen LogP contribution in [0.25, 0.3) is 11.0 Å². The third-order valence-corrected chi connectivity index (χ3v) is 2.65. The van der Waals surface area contributed by atoms with Crippen LogP contribution in [0.1, 0.15) is 10.6 Å². The van der Waals surface area contributed by atoms with E-state index in [2.05, 4.69) is 21.2 Å².